The summed E-state index contributed by atoms with van der Waals surface area (Å²) in [7, 11) is 0. The van der Waals surface area contributed by atoms with Gasteiger partial charge in [0, 0.05) is 23.3 Å². The minimum absolute atomic E-state index is 0.157. The summed E-state index contributed by atoms with van der Waals surface area (Å²) in [5.74, 6) is -3.04. The third-order valence-corrected chi connectivity index (χ3v) is 8.14. The van der Waals surface area contributed by atoms with Crippen LogP contribution in [0.3, 0.4) is 0 Å². The molecule has 0 N–H and O–H groups in total. The molecule has 0 radical (unpaired) electrons. The maximum absolute atomic E-state index is 14.2. The number of likely N-dealkylation sites (tertiary alicyclic amines) is 1. The predicted molar refractivity (Wildman–Crippen MR) is 154 cm³/mol. The second-order valence-corrected chi connectivity index (χ2v) is 10.7. The van der Waals surface area contributed by atoms with Gasteiger partial charge >= 0.3 is 5.97 Å². The highest BCUT2D eigenvalue weighted by Gasteiger charge is 2.65. The molecule has 0 aliphatic carbocycles. The molecule has 4 atom stereocenters. The van der Waals surface area contributed by atoms with Crippen molar-refractivity contribution in [1.82, 2.24) is 14.7 Å². The average Bonchev–Trinajstić information content (AvgIpc) is 3.60. The molecule has 1 aromatic heterocycles. The van der Waals surface area contributed by atoms with Crippen molar-refractivity contribution in [2.45, 2.75) is 32.5 Å². The molecule has 3 aromatic carbocycles. The van der Waals surface area contributed by atoms with E-state index in [2.05, 4.69) is 0 Å². The van der Waals surface area contributed by atoms with E-state index >= 15 is 0 Å². The number of carbonyl (C=O) groups excluding carboxylic acids is 3. The van der Waals surface area contributed by atoms with Crippen molar-refractivity contribution in [3.05, 3.63) is 113 Å². The Balaban J connectivity index is 1.51. The zero-order valence-electron chi connectivity index (χ0n) is 22.7. The van der Waals surface area contributed by atoms with Crippen molar-refractivity contribution < 1.29 is 19.1 Å². The molecule has 6 rings (SSSR count). The first-order chi connectivity index (χ1) is 19.9. The normalized spacial score (nSPS) is 22.3. The van der Waals surface area contributed by atoms with E-state index in [-0.39, 0.29) is 12.5 Å². The highest BCUT2D eigenvalue weighted by Crippen LogP contribution is 2.52. The Kier molecular flexibility index (Phi) is 7.19. The van der Waals surface area contributed by atoms with E-state index < -0.39 is 35.8 Å². The molecule has 9 heteroatoms. The van der Waals surface area contributed by atoms with Crippen LogP contribution >= 0.6 is 11.6 Å². The Hall–Kier alpha value is -4.27. The number of aryl methyl sites for hydroxylation is 1. The fourth-order valence-corrected chi connectivity index (χ4v) is 6.28. The van der Waals surface area contributed by atoms with Crippen LogP contribution in [0, 0.1) is 18.8 Å². The maximum atomic E-state index is 14.2. The van der Waals surface area contributed by atoms with Gasteiger partial charge < -0.3 is 4.74 Å². The van der Waals surface area contributed by atoms with Gasteiger partial charge in [0.25, 0.3) is 0 Å². The van der Waals surface area contributed by atoms with Crippen LogP contribution in [0.25, 0.3) is 5.69 Å². The van der Waals surface area contributed by atoms with Gasteiger partial charge in [0.1, 0.15) is 6.04 Å². The van der Waals surface area contributed by atoms with E-state index in [1.54, 1.807) is 35.9 Å². The molecule has 2 saturated heterocycles. The minimum Gasteiger partial charge on any atom is -0.465 e. The Morgan fingerprint density at radius 1 is 0.878 bits per heavy atom. The van der Waals surface area contributed by atoms with Gasteiger partial charge in [-0.05, 0) is 55.8 Å². The van der Waals surface area contributed by atoms with E-state index in [0.29, 0.717) is 22.9 Å². The summed E-state index contributed by atoms with van der Waals surface area (Å²) in [5.41, 5.74) is 3.74. The number of nitrogens with zero attached hydrogens (tertiary/aromatic N) is 4. The van der Waals surface area contributed by atoms with Crippen molar-refractivity contribution in [1.29, 1.82) is 0 Å². The Bertz CT molecular complexity index is 1590. The third-order valence-electron chi connectivity index (χ3n) is 7.89. The summed E-state index contributed by atoms with van der Waals surface area (Å²) in [5, 5.41) is 5.26. The van der Waals surface area contributed by atoms with Crippen LogP contribution in [0.15, 0.2) is 91.1 Å². The number of para-hydroxylation sites is 1. The minimum atomic E-state index is -0.960. The molecule has 2 amide bonds. The molecule has 3 heterocycles. The molecule has 4 aromatic rings. The number of anilines is 1. The van der Waals surface area contributed by atoms with Crippen LogP contribution in [-0.4, -0.2) is 45.1 Å². The molecular weight excluding hydrogens is 540 g/mol. The van der Waals surface area contributed by atoms with Gasteiger partial charge in [0.2, 0.25) is 11.8 Å². The lowest BCUT2D eigenvalue weighted by Gasteiger charge is -2.32. The van der Waals surface area contributed by atoms with Gasteiger partial charge in [0.15, 0.2) is 0 Å². The van der Waals surface area contributed by atoms with Crippen LogP contribution < -0.4 is 4.90 Å². The summed E-state index contributed by atoms with van der Waals surface area (Å²) >= 11 is 6.09. The molecule has 208 valence electrons. The van der Waals surface area contributed by atoms with E-state index in [1.165, 1.54) is 4.90 Å². The van der Waals surface area contributed by atoms with Crippen LogP contribution in [0.2, 0.25) is 5.02 Å². The van der Waals surface area contributed by atoms with Crippen molar-refractivity contribution >= 4 is 35.1 Å². The molecule has 0 spiro atoms. The second-order valence-electron chi connectivity index (χ2n) is 10.3. The number of halogens is 1. The zero-order valence-corrected chi connectivity index (χ0v) is 23.4. The molecule has 41 heavy (non-hydrogen) atoms. The zero-order chi connectivity index (χ0) is 28.7. The molecular formula is C32H29ClN4O4. The Labute approximate surface area is 243 Å². The van der Waals surface area contributed by atoms with Crippen LogP contribution in [0.1, 0.15) is 29.8 Å². The third kappa shape index (κ3) is 4.73. The summed E-state index contributed by atoms with van der Waals surface area (Å²) in [4.78, 5) is 45.1. The number of amides is 2. The lowest BCUT2D eigenvalue weighted by molar-refractivity contribution is -0.152. The van der Waals surface area contributed by atoms with Crippen molar-refractivity contribution in [3.8, 4) is 5.69 Å². The smallest absolute Gasteiger partial charge is 0.324 e. The average molecular weight is 569 g/mol. The summed E-state index contributed by atoms with van der Waals surface area (Å²) in [6.07, 6.45) is 1.90. The lowest BCUT2D eigenvalue weighted by atomic mass is 9.86. The van der Waals surface area contributed by atoms with Crippen molar-refractivity contribution in [3.63, 3.8) is 0 Å². The number of benzene rings is 3. The fourth-order valence-electron chi connectivity index (χ4n) is 6.16. The van der Waals surface area contributed by atoms with E-state index in [0.717, 1.165) is 16.8 Å². The number of esters is 1. The molecule has 2 aliphatic heterocycles. The van der Waals surface area contributed by atoms with Crippen molar-refractivity contribution in [2.75, 3.05) is 11.5 Å². The van der Waals surface area contributed by atoms with Gasteiger partial charge in [-0.15, -0.1) is 0 Å². The van der Waals surface area contributed by atoms with E-state index in [4.69, 9.17) is 21.4 Å². The molecule has 8 nitrogen and oxygen atoms in total. The highest BCUT2D eigenvalue weighted by molar-refractivity contribution is 6.31. The number of aromatic nitrogens is 2. The predicted octanol–water partition coefficient (Wildman–Crippen LogP) is 5.13. The van der Waals surface area contributed by atoms with Crippen molar-refractivity contribution in [2.24, 2.45) is 11.8 Å². The SMILES string of the molecule is CCOC(=O)C1[C@@H]2C(=O)N(c3ccc(Cl)cc3)C(=O)[C@@H]2[C@H](c2cn(-c3ccccc3)nc2C)N1Cc1ccccc1. The van der Waals surface area contributed by atoms with Gasteiger partial charge in [-0.25, -0.2) is 9.58 Å². The molecule has 0 saturated carbocycles. The second kappa shape index (κ2) is 11.0. The first kappa shape index (κ1) is 26.9. The quantitative estimate of drug-likeness (QED) is 0.227. The number of rotatable bonds is 7. The first-order valence-corrected chi connectivity index (χ1v) is 14.0. The number of hydrogen-bond donors (Lipinski definition) is 0. The summed E-state index contributed by atoms with van der Waals surface area (Å²) in [6, 6.07) is 24.4. The molecule has 0 bridgehead atoms. The number of hydrogen-bond acceptors (Lipinski definition) is 6. The number of fused-ring (bicyclic) bond motifs is 1. The molecule has 2 fully saturated rings. The monoisotopic (exact) mass is 568 g/mol. The molecule has 2 aliphatic rings. The number of imide groups is 1. The molecule has 1 unspecified atom stereocenters. The van der Waals surface area contributed by atoms with Crippen LogP contribution in [0.5, 0.6) is 0 Å². The van der Waals surface area contributed by atoms with Gasteiger partial charge in [-0.3, -0.25) is 19.3 Å². The first-order valence-electron chi connectivity index (χ1n) is 13.6. The highest BCUT2D eigenvalue weighted by atomic mass is 35.5. The fraction of sp³-hybridized carbons (Fsp3) is 0.250. The van der Waals surface area contributed by atoms with E-state index in [9.17, 15) is 14.4 Å². The topological polar surface area (TPSA) is 84.7 Å². The van der Waals surface area contributed by atoms with Gasteiger partial charge in [-0.1, -0.05) is 60.1 Å². The van der Waals surface area contributed by atoms with Crippen LogP contribution in [-0.2, 0) is 25.7 Å². The van der Waals surface area contributed by atoms with E-state index in [1.807, 2.05) is 78.7 Å². The standard InChI is InChI=1S/C32H29ClN4O4/c1-3-41-32(40)29-27-26(30(38)37(31(27)39)24-16-14-22(33)15-17-24)28(35(29)18-21-10-6-4-7-11-21)25-19-36(34-20(25)2)23-12-8-5-9-13-23/h4-17,19,26-29H,3,18H2,1-2H3/t26-,27+,28-,29?/m0/s1. The number of carbonyl (C=O) groups is 3. The Morgan fingerprint density at radius 3 is 2.17 bits per heavy atom. The lowest BCUT2D eigenvalue weighted by Crippen LogP contribution is -2.46. The summed E-state index contributed by atoms with van der Waals surface area (Å²) in [6.45, 7) is 4.13. The summed E-state index contributed by atoms with van der Waals surface area (Å²) < 4.78 is 7.30. The van der Waals surface area contributed by atoms with Crippen LogP contribution in [0.4, 0.5) is 5.69 Å². The maximum Gasteiger partial charge on any atom is 0.324 e. The Morgan fingerprint density at radius 2 is 1.51 bits per heavy atom. The van der Waals surface area contributed by atoms with Gasteiger partial charge in [0.05, 0.1) is 41.6 Å². The van der Waals surface area contributed by atoms with Gasteiger partial charge in [-0.2, -0.15) is 5.10 Å². The largest absolute Gasteiger partial charge is 0.465 e. The number of ether oxygens (including phenoxy) is 1.